The molecule has 0 radical (unpaired) electrons. The Morgan fingerprint density at radius 3 is 2.71 bits per heavy atom. The van der Waals surface area contributed by atoms with E-state index in [2.05, 4.69) is 0 Å². The van der Waals surface area contributed by atoms with E-state index in [9.17, 15) is 13.2 Å². The van der Waals surface area contributed by atoms with Crippen LogP contribution in [0.25, 0.3) is 11.0 Å². The number of hydrogen-bond acceptors (Lipinski definition) is 4. The van der Waals surface area contributed by atoms with Crippen molar-refractivity contribution in [2.75, 3.05) is 17.7 Å². The Bertz CT molecular complexity index is 1190. The summed E-state index contributed by atoms with van der Waals surface area (Å²) in [5.41, 5.74) is 5.68. The van der Waals surface area contributed by atoms with Crippen LogP contribution < -0.4 is 4.90 Å². The van der Waals surface area contributed by atoms with E-state index < -0.39 is 9.84 Å². The van der Waals surface area contributed by atoms with Gasteiger partial charge in [0.1, 0.15) is 5.58 Å². The van der Waals surface area contributed by atoms with Crippen molar-refractivity contribution in [3.8, 4) is 0 Å². The summed E-state index contributed by atoms with van der Waals surface area (Å²) in [5, 5.41) is 0.973. The second kappa shape index (κ2) is 6.78. The predicted molar refractivity (Wildman–Crippen MR) is 110 cm³/mol. The van der Waals surface area contributed by atoms with Crippen LogP contribution in [0.15, 0.2) is 45.9 Å². The average molecular weight is 397 g/mol. The van der Waals surface area contributed by atoms with Gasteiger partial charge in [-0.2, -0.15) is 0 Å². The van der Waals surface area contributed by atoms with Crippen molar-refractivity contribution in [1.29, 1.82) is 0 Å². The Morgan fingerprint density at radius 1 is 1.18 bits per heavy atom. The molecule has 0 aliphatic carbocycles. The second-order valence-electron chi connectivity index (χ2n) is 7.53. The molecule has 146 valence electrons. The van der Waals surface area contributed by atoms with Crippen LogP contribution in [0.3, 0.4) is 0 Å². The van der Waals surface area contributed by atoms with E-state index in [4.69, 9.17) is 4.42 Å². The van der Waals surface area contributed by atoms with Gasteiger partial charge in [0.2, 0.25) is 5.91 Å². The molecule has 0 saturated carbocycles. The lowest BCUT2D eigenvalue weighted by Gasteiger charge is -2.30. The first kappa shape index (κ1) is 18.7. The fourth-order valence-electron chi connectivity index (χ4n) is 3.85. The van der Waals surface area contributed by atoms with Gasteiger partial charge >= 0.3 is 0 Å². The first-order chi connectivity index (χ1) is 13.3. The summed E-state index contributed by atoms with van der Waals surface area (Å²) in [4.78, 5) is 15.1. The maximum absolute atomic E-state index is 13.1. The quantitative estimate of drug-likeness (QED) is 0.671. The minimum absolute atomic E-state index is 0.00557. The van der Waals surface area contributed by atoms with Crippen LogP contribution in [0.1, 0.15) is 28.7 Å². The lowest BCUT2D eigenvalue weighted by atomic mass is 10.00. The molecule has 1 aliphatic heterocycles. The first-order valence-corrected chi connectivity index (χ1v) is 11.2. The molecule has 2 aromatic carbocycles. The van der Waals surface area contributed by atoms with E-state index in [0.717, 1.165) is 51.8 Å². The second-order valence-corrected chi connectivity index (χ2v) is 9.55. The highest BCUT2D eigenvalue weighted by molar-refractivity contribution is 7.90. The van der Waals surface area contributed by atoms with Gasteiger partial charge in [-0.05, 0) is 61.6 Å². The molecule has 0 saturated heterocycles. The van der Waals surface area contributed by atoms with Gasteiger partial charge in [-0.25, -0.2) is 8.42 Å². The van der Waals surface area contributed by atoms with Crippen molar-refractivity contribution < 1.29 is 17.6 Å². The smallest absolute Gasteiger partial charge is 0.231 e. The SMILES string of the molecule is Cc1ccc2c(CC(=O)N3CCCc4cc(S(C)(=O)=O)ccc43)coc2c1C. The zero-order valence-corrected chi connectivity index (χ0v) is 17.1. The molecule has 6 heteroatoms. The van der Waals surface area contributed by atoms with E-state index in [-0.39, 0.29) is 12.3 Å². The molecule has 5 nitrogen and oxygen atoms in total. The highest BCUT2D eigenvalue weighted by Crippen LogP contribution is 2.31. The number of nitrogens with zero attached hydrogens (tertiary/aromatic N) is 1. The minimum atomic E-state index is -3.26. The van der Waals surface area contributed by atoms with Crippen LogP contribution in [-0.4, -0.2) is 27.1 Å². The Kier molecular flexibility index (Phi) is 4.54. The number of furan rings is 1. The number of anilines is 1. The molecule has 4 rings (SSSR count). The van der Waals surface area contributed by atoms with E-state index >= 15 is 0 Å². The van der Waals surface area contributed by atoms with Crippen molar-refractivity contribution in [3.05, 3.63) is 58.8 Å². The van der Waals surface area contributed by atoms with Crippen LogP contribution in [0.4, 0.5) is 5.69 Å². The first-order valence-electron chi connectivity index (χ1n) is 9.35. The molecule has 1 aromatic heterocycles. The van der Waals surface area contributed by atoms with Crippen LogP contribution in [-0.2, 0) is 27.5 Å². The molecule has 2 heterocycles. The molecule has 0 bridgehead atoms. The largest absolute Gasteiger partial charge is 0.464 e. The van der Waals surface area contributed by atoms with Crippen molar-refractivity contribution in [1.82, 2.24) is 0 Å². The number of amides is 1. The van der Waals surface area contributed by atoms with E-state index in [1.165, 1.54) is 6.26 Å². The number of aryl methyl sites for hydroxylation is 3. The van der Waals surface area contributed by atoms with Crippen LogP contribution >= 0.6 is 0 Å². The predicted octanol–water partition coefficient (Wildman–Crippen LogP) is 3.98. The molecule has 28 heavy (non-hydrogen) atoms. The number of fused-ring (bicyclic) bond motifs is 2. The number of hydrogen-bond donors (Lipinski definition) is 0. The molecule has 0 unspecified atom stereocenters. The number of rotatable bonds is 3. The van der Waals surface area contributed by atoms with Crippen molar-refractivity contribution >= 4 is 32.4 Å². The van der Waals surface area contributed by atoms with Crippen molar-refractivity contribution in [2.45, 2.75) is 38.0 Å². The van der Waals surface area contributed by atoms with Crippen LogP contribution in [0.2, 0.25) is 0 Å². The molecular formula is C22H23NO4S. The maximum atomic E-state index is 13.1. The Balaban J connectivity index is 1.65. The number of carbonyl (C=O) groups is 1. The third-order valence-electron chi connectivity index (χ3n) is 5.58. The lowest BCUT2D eigenvalue weighted by Crippen LogP contribution is -2.36. The zero-order chi connectivity index (χ0) is 20.1. The summed E-state index contributed by atoms with van der Waals surface area (Å²) in [6.45, 7) is 4.70. The molecule has 0 spiro atoms. The Labute approximate surface area is 164 Å². The monoisotopic (exact) mass is 397 g/mol. The van der Waals surface area contributed by atoms with Gasteiger partial charge in [0.25, 0.3) is 0 Å². The maximum Gasteiger partial charge on any atom is 0.231 e. The third kappa shape index (κ3) is 3.22. The highest BCUT2D eigenvalue weighted by atomic mass is 32.2. The van der Waals surface area contributed by atoms with Crippen molar-refractivity contribution in [3.63, 3.8) is 0 Å². The van der Waals surface area contributed by atoms with E-state index in [1.807, 2.05) is 26.0 Å². The lowest BCUT2D eigenvalue weighted by molar-refractivity contribution is -0.118. The molecule has 0 N–H and O–H groups in total. The number of carbonyl (C=O) groups excluding carboxylic acids is 1. The Morgan fingerprint density at radius 2 is 1.96 bits per heavy atom. The highest BCUT2D eigenvalue weighted by Gasteiger charge is 2.25. The normalized spacial score (nSPS) is 14.3. The number of benzene rings is 2. The molecular weight excluding hydrogens is 374 g/mol. The molecule has 3 aromatic rings. The summed E-state index contributed by atoms with van der Waals surface area (Å²) in [5.74, 6) is -0.00557. The van der Waals surface area contributed by atoms with Gasteiger partial charge in [0.15, 0.2) is 9.84 Å². The molecule has 0 fully saturated rings. The number of sulfone groups is 1. The van der Waals surface area contributed by atoms with E-state index in [1.54, 1.807) is 29.4 Å². The van der Waals surface area contributed by atoms with Gasteiger partial charge in [0, 0.05) is 29.4 Å². The third-order valence-corrected chi connectivity index (χ3v) is 6.69. The zero-order valence-electron chi connectivity index (χ0n) is 16.3. The standard InChI is InChI=1S/C22H23NO4S/c1-14-6-8-19-17(13-27-22(19)15(14)2)12-21(24)23-10-4-5-16-11-18(28(3,25)26)7-9-20(16)23/h6-9,11,13H,4-5,10,12H2,1-3H3. The fraction of sp³-hybridized carbons (Fsp3) is 0.318. The van der Waals surface area contributed by atoms with Crippen molar-refractivity contribution in [2.24, 2.45) is 0 Å². The summed E-state index contributed by atoms with van der Waals surface area (Å²) in [7, 11) is -3.26. The molecule has 1 aliphatic rings. The molecule has 0 atom stereocenters. The topological polar surface area (TPSA) is 67.6 Å². The van der Waals surface area contributed by atoms with Crippen LogP contribution in [0, 0.1) is 13.8 Å². The average Bonchev–Trinajstić information content (AvgIpc) is 3.06. The molecule has 1 amide bonds. The summed E-state index contributed by atoms with van der Waals surface area (Å²) in [6.07, 6.45) is 4.72. The summed E-state index contributed by atoms with van der Waals surface area (Å²) < 4.78 is 29.4. The van der Waals surface area contributed by atoms with E-state index in [0.29, 0.717) is 11.4 Å². The van der Waals surface area contributed by atoms with Crippen LogP contribution in [0.5, 0.6) is 0 Å². The van der Waals surface area contributed by atoms with Gasteiger partial charge in [-0.1, -0.05) is 12.1 Å². The summed E-state index contributed by atoms with van der Waals surface area (Å²) in [6, 6.07) is 9.09. The van der Waals surface area contributed by atoms with Gasteiger partial charge in [0.05, 0.1) is 17.6 Å². The van der Waals surface area contributed by atoms with Gasteiger partial charge < -0.3 is 9.32 Å². The minimum Gasteiger partial charge on any atom is -0.464 e. The Hall–Kier alpha value is -2.60. The van der Waals surface area contributed by atoms with Gasteiger partial charge in [-0.3, -0.25) is 4.79 Å². The summed E-state index contributed by atoms with van der Waals surface area (Å²) >= 11 is 0. The van der Waals surface area contributed by atoms with Gasteiger partial charge in [-0.15, -0.1) is 0 Å². The fourth-order valence-corrected chi connectivity index (χ4v) is 4.52.